The number of hydrogen-bond acceptors (Lipinski definition) is 6. The Bertz CT molecular complexity index is 1680. The first-order valence-electron chi connectivity index (χ1n) is 11.2. The molecular weight excluding hydrogens is 519 g/mol. The Hall–Kier alpha value is -3.39. The smallest absolute Gasteiger partial charge is 0.338 e. The number of aromatic nitrogens is 1. The van der Waals surface area contributed by atoms with Crippen molar-refractivity contribution < 1.29 is 13.9 Å². The van der Waals surface area contributed by atoms with E-state index in [1.165, 1.54) is 11.3 Å². The summed E-state index contributed by atoms with van der Waals surface area (Å²) in [6.45, 7) is 3.73. The van der Waals surface area contributed by atoms with Crippen LogP contribution >= 0.6 is 34.5 Å². The Morgan fingerprint density at radius 3 is 2.64 bits per heavy atom. The van der Waals surface area contributed by atoms with Gasteiger partial charge in [-0.15, -0.1) is 0 Å². The number of allylic oxidation sites excluding steroid dienone is 1. The van der Waals surface area contributed by atoms with Crippen molar-refractivity contribution in [3.63, 3.8) is 0 Å². The number of benzene rings is 2. The third-order valence-corrected chi connectivity index (χ3v) is 7.46. The van der Waals surface area contributed by atoms with E-state index < -0.39 is 12.0 Å². The topological polar surface area (TPSA) is 73.8 Å². The molecule has 0 saturated carbocycles. The Kier molecular flexibility index (Phi) is 6.71. The number of thiazole rings is 1. The van der Waals surface area contributed by atoms with Crippen LogP contribution in [0.25, 0.3) is 17.4 Å². The molecule has 6 nitrogen and oxygen atoms in total. The Morgan fingerprint density at radius 1 is 1.14 bits per heavy atom. The van der Waals surface area contributed by atoms with E-state index in [0.29, 0.717) is 42.2 Å². The van der Waals surface area contributed by atoms with Crippen molar-refractivity contribution in [3.8, 4) is 11.3 Å². The number of hydrogen-bond donors (Lipinski definition) is 0. The molecule has 1 atom stereocenters. The number of esters is 1. The Morgan fingerprint density at radius 2 is 1.92 bits per heavy atom. The molecule has 0 bridgehead atoms. The lowest BCUT2D eigenvalue weighted by atomic mass is 9.96. The summed E-state index contributed by atoms with van der Waals surface area (Å²) in [4.78, 5) is 31.6. The van der Waals surface area contributed by atoms with Crippen LogP contribution in [0.1, 0.15) is 31.2 Å². The maximum atomic E-state index is 13.6. The second kappa shape index (κ2) is 9.93. The molecule has 36 heavy (non-hydrogen) atoms. The number of fused-ring (bicyclic) bond motifs is 1. The van der Waals surface area contributed by atoms with Gasteiger partial charge in [0.25, 0.3) is 5.56 Å². The van der Waals surface area contributed by atoms with Crippen LogP contribution in [0.4, 0.5) is 0 Å². The zero-order valence-electron chi connectivity index (χ0n) is 19.3. The Balaban J connectivity index is 1.62. The van der Waals surface area contributed by atoms with E-state index in [2.05, 4.69) is 4.99 Å². The molecule has 0 fully saturated rings. The van der Waals surface area contributed by atoms with Gasteiger partial charge in [-0.2, -0.15) is 0 Å². The van der Waals surface area contributed by atoms with Gasteiger partial charge in [-0.05, 0) is 49.7 Å². The number of nitrogens with zero attached hydrogens (tertiary/aromatic N) is 2. The summed E-state index contributed by atoms with van der Waals surface area (Å²) in [6.07, 6.45) is 1.68. The van der Waals surface area contributed by atoms with Gasteiger partial charge < -0.3 is 9.15 Å². The summed E-state index contributed by atoms with van der Waals surface area (Å²) in [6, 6.07) is 17.6. The van der Waals surface area contributed by atoms with Crippen molar-refractivity contribution in [2.45, 2.75) is 19.9 Å². The standard InChI is InChI=1S/C27H20Cl2N2O4S/c1-3-34-26(33)23-15(2)30-27-31(24(23)16-7-5-4-6-8-16)25(32)22(36-27)14-18-10-12-21(35-18)17-9-11-19(28)20(29)13-17/h4-14,24H,3H2,1-2H3/b22-14+. The van der Waals surface area contributed by atoms with Crippen LogP contribution < -0.4 is 14.9 Å². The minimum Gasteiger partial charge on any atom is -0.463 e. The summed E-state index contributed by atoms with van der Waals surface area (Å²) in [5.41, 5.74) is 2.16. The van der Waals surface area contributed by atoms with Gasteiger partial charge in [0.05, 0.1) is 38.5 Å². The zero-order chi connectivity index (χ0) is 25.4. The molecule has 9 heteroatoms. The molecule has 1 aliphatic rings. The van der Waals surface area contributed by atoms with Gasteiger partial charge in [0.2, 0.25) is 0 Å². The number of furan rings is 1. The third kappa shape index (κ3) is 4.46. The Labute approximate surface area is 220 Å². The van der Waals surface area contributed by atoms with Crippen molar-refractivity contribution >= 4 is 46.6 Å². The molecule has 5 rings (SSSR count). The fourth-order valence-electron chi connectivity index (χ4n) is 4.11. The van der Waals surface area contributed by atoms with Crippen LogP contribution in [0.2, 0.25) is 10.0 Å². The van der Waals surface area contributed by atoms with Gasteiger partial charge in [0, 0.05) is 11.6 Å². The van der Waals surface area contributed by atoms with Crippen molar-refractivity contribution in [2.75, 3.05) is 6.61 Å². The predicted molar refractivity (Wildman–Crippen MR) is 141 cm³/mol. The first kappa shape index (κ1) is 24.3. The number of rotatable bonds is 5. The quantitative estimate of drug-likeness (QED) is 0.320. The van der Waals surface area contributed by atoms with E-state index in [0.717, 1.165) is 11.1 Å². The molecule has 0 aliphatic carbocycles. The molecule has 0 radical (unpaired) electrons. The monoisotopic (exact) mass is 538 g/mol. The van der Waals surface area contributed by atoms with Crippen LogP contribution in [0.3, 0.4) is 0 Å². The fourth-order valence-corrected chi connectivity index (χ4v) is 5.43. The van der Waals surface area contributed by atoms with E-state index in [1.54, 1.807) is 48.8 Å². The number of halogens is 2. The first-order chi connectivity index (χ1) is 17.4. The van der Waals surface area contributed by atoms with E-state index in [-0.39, 0.29) is 12.2 Å². The molecule has 3 heterocycles. The highest BCUT2D eigenvalue weighted by Crippen LogP contribution is 2.31. The highest BCUT2D eigenvalue weighted by Gasteiger charge is 2.33. The average molecular weight is 539 g/mol. The normalized spacial score (nSPS) is 15.6. The van der Waals surface area contributed by atoms with Gasteiger partial charge in [-0.1, -0.05) is 64.9 Å². The number of carbonyl (C=O) groups excluding carboxylic acids is 1. The maximum Gasteiger partial charge on any atom is 0.338 e. The lowest BCUT2D eigenvalue weighted by molar-refractivity contribution is -0.139. The number of ether oxygens (including phenoxy) is 1. The van der Waals surface area contributed by atoms with E-state index in [9.17, 15) is 9.59 Å². The van der Waals surface area contributed by atoms with Crippen LogP contribution in [-0.4, -0.2) is 17.1 Å². The summed E-state index contributed by atoms with van der Waals surface area (Å²) in [5, 5.41) is 0.882. The summed E-state index contributed by atoms with van der Waals surface area (Å²) in [5.74, 6) is 0.605. The van der Waals surface area contributed by atoms with Gasteiger partial charge in [-0.3, -0.25) is 9.36 Å². The van der Waals surface area contributed by atoms with Crippen LogP contribution in [0.15, 0.2) is 86.1 Å². The predicted octanol–water partition coefficient (Wildman–Crippen LogP) is 5.37. The highest BCUT2D eigenvalue weighted by atomic mass is 35.5. The summed E-state index contributed by atoms with van der Waals surface area (Å²) < 4.78 is 13.3. The van der Waals surface area contributed by atoms with E-state index >= 15 is 0 Å². The fraction of sp³-hybridized carbons (Fsp3) is 0.148. The first-order valence-corrected chi connectivity index (χ1v) is 12.7. The van der Waals surface area contributed by atoms with Gasteiger partial charge in [0.15, 0.2) is 4.80 Å². The highest BCUT2D eigenvalue weighted by molar-refractivity contribution is 7.07. The van der Waals surface area contributed by atoms with E-state index in [4.69, 9.17) is 32.4 Å². The molecule has 1 aliphatic heterocycles. The molecule has 2 aromatic carbocycles. The molecule has 0 N–H and O–H groups in total. The van der Waals surface area contributed by atoms with Gasteiger partial charge >= 0.3 is 5.97 Å². The van der Waals surface area contributed by atoms with Crippen molar-refractivity contribution in [3.05, 3.63) is 113 Å². The molecule has 2 aromatic heterocycles. The minimum atomic E-state index is -0.646. The van der Waals surface area contributed by atoms with Crippen molar-refractivity contribution in [2.24, 2.45) is 4.99 Å². The SMILES string of the molecule is CCOC(=O)C1=C(C)N=c2s/c(=C/c3ccc(-c4ccc(Cl)c(Cl)c4)o3)c(=O)n2C1c1ccccc1. The van der Waals surface area contributed by atoms with E-state index in [1.807, 2.05) is 36.4 Å². The number of carbonyl (C=O) groups is 1. The van der Waals surface area contributed by atoms with Gasteiger partial charge in [-0.25, -0.2) is 9.79 Å². The van der Waals surface area contributed by atoms with Crippen LogP contribution in [-0.2, 0) is 9.53 Å². The lowest BCUT2D eigenvalue weighted by Crippen LogP contribution is -2.39. The van der Waals surface area contributed by atoms with Gasteiger partial charge in [0.1, 0.15) is 11.5 Å². The zero-order valence-corrected chi connectivity index (χ0v) is 21.7. The molecule has 0 amide bonds. The minimum absolute atomic E-state index is 0.223. The summed E-state index contributed by atoms with van der Waals surface area (Å²) in [7, 11) is 0. The molecule has 0 spiro atoms. The molecule has 182 valence electrons. The molecule has 4 aromatic rings. The largest absolute Gasteiger partial charge is 0.463 e. The third-order valence-electron chi connectivity index (χ3n) is 5.74. The molecular formula is C27H20Cl2N2O4S. The summed E-state index contributed by atoms with van der Waals surface area (Å²) >= 11 is 13.4. The van der Waals surface area contributed by atoms with Crippen molar-refractivity contribution in [1.82, 2.24) is 4.57 Å². The molecule has 1 unspecified atom stereocenters. The molecule has 0 saturated heterocycles. The lowest BCUT2D eigenvalue weighted by Gasteiger charge is -2.24. The van der Waals surface area contributed by atoms with Crippen LogP contribution in [0, 0.1) is 0 Å². The van der Waals surface area contributed by atoms with Crippen LogP contribution in [0.5, 0.6) is 0 Å². The second-order valence-electron chi connectivity index (χ2n) is 8.04. The maximum absolute atomic E-state index is 13.6. The second-order valence-corrected chi connectivity index (χ2v) is 9.87. The average Bonchev–Trinajstić information content (AvgIpc) is 3.45. The van der Waals surface area contributed by atoms with Crippen molar-refractivity contribution in [1.29, 1.82) is 0 Å².